The van der Waals surface area contributed by atoms with E-state index in [0.717, 1.165) is 12.1 Å². The minimum absolute atomic E-state index is 0. The molecule has 11 heteroatoms. The number of carbonyl (C=O) groups excluding carboxylic acids is 1. The topological polar surface area (TPSA) is 99.9 Å². The van der Waals surface area contributed by atoms with Crippen molar-refractivity contribution in [3.8, 4) is 0 Å². The molecule has 0 aromatic heterocycles. The highest BCUT2D eigenvalue weighted by Crippen LogP contribution is 2.18. The Morgan fingerprint density at radius 3 is 2.39 bits per heavy atom. The Morgan fingerprint density at radius 2 is 1.84 bits per heavy atom. The number of nitro benzene ring substituents is 1. The summed E-state index contributed by atoms with van der Waals surface area (Å²) < 4.78 is 27.2. The number of carbonyl (C=O) groups is 1. The van der Waals surface area contributed by atoms with Gasteiger partial charge in [0.25, 0.3) is 5.69 Å². The number of nitro groups is 1. The molecule has 0 radical (unpaired) electrons. The van der Waals surface area contributed by atoms with Crippen molar-refractivity contribution in [1.82, 2.24) is 15.5 Å². The molecule has 8 nitrogen and oxygen atoms in total. The Kier molecular flexibility index (Phi) is 10.3. The molecule has 168 valence electrons. The molecule has 1 unspecified atom stereocenters. The third-order valence-electron chi connectivity index (χ3n) is 4.25. The minimum atomic E-state index is -0.700. The van der Waals surface area contributed by atoms with Crippen LogP contribution in [-0.4, -0.2) is 42.3 Å². The fourth-order valence-electron chi connectivity index (χ4n) is 2.50. The first-order valence-corrected chi connectivity index (χ1v) is 9.10. The third kappa shape index (κ3) is 8.07. The van der Waals surface area contributed by atoms with Crippen LogP contribution in [0.25, 0.3) is 0 Å². The van der Waals surface area contributed by atoms with E-state index in [1.807, 2.05) is 0 Å². The molecule has 0 aliphatic carbocycles. The number of guanidine groups is 1. The average molecular weight is 547 g/mol. The highest BCUT2D eigenvalue weighted by atomic mass is 127. The molecule has 0 fully saturated rings. The van der Waals surface area contributed by atoms with Gasteiger partial charge in [-0.15, -0.1) is 24.0 Å². The molecular weight excluding hydrogens is 523 g/mol. The molecule has 0 spiro atoms. The zero-order chi connectivity index (χ0) is 22.3. The highest BCUT2D eigenvalue weighted by Gasteiger charge is 2.14. The first kappa shape index (κ1) is 26.2. The van der Waals surface area contributed by atoms with E-state index < -0.39 is 22.6 Å². The lowest BCUT2D eigenvalue weighted by Crippen LogP contribution is -2.43. The number of halogens is 3. The summed E-state index contributed by atoms with van der Waals surface area (Å²) in [6.45, 7) is 1.80. The molecular formula is C20H24F2IN5O3. The van der Waals surface area contributed by atoms with Crippen molar-refractivity contribution in [2.24, 2.45) is 4.99 Å². The van der Waals surface area contributed by atoms with Gasteiger partial charge in [0.05, 0.1) is 24.1 Å². The van der Waals surface area contributed by atoms with Crippen LogP contribution in [-0.2, 0) is 11.3 Å². The number of nitrogens with zero attached hydrogens (tertiary/aromatic N) is 3. The van der Waals surface area contributed by atoms with E-state index in [2.05, 4.69) is 15.6 Å². The van der Waals surface area contributed by atoms with Crippen LogP contribution in [0.5, 0.6) is 0 Å². The van der Waals surface area contributed by atoms with E-state index in [1.165, 1.54) is 23.1 Å². The number of aliphatic imine (C=N–C) groups is 1. The van der Waals surface area contributed by atoms with Crippen LogP contribution < -0.4 is 10.6 Å². The summed E-state index contributed by atoms with van der Waals surface area (Å²) in [6, 6.07) is 8.62. The monoisotopic (exact) mass is 547 g/mol. The largest absolute Gasteiger partial charge is 0.350 e. The normalized spacial score (nSPS) is 11.8. The molecule has 2 N–H and O–H groups in total. The van der Waals surface area contributed by atoms with Crippen LogP contribution in [0.2, 0.25) is 0 Å². The van der Waals surface area contributed by atoms with E-state index in [-0.39, 0.29) is 60.2 Å². The first-order chi connectivity index (χ1) is 14.2. The lowest BCUT2D eigenvalue weighted by atomic mass is 10.1. The number of non-ortho nitro benzene ring substituents is 1. The summed E-state index contributed by atoms with van der Waals surface area (Å²) in [5.41, 5.74) is 0.914. The fourth-order valence-corrected chi connectivity index (χ4v) is 2.50. The molecule has 1 amide bonds. The Balaban J connectivity index is 0.00000480. The number of hydrogen-bond acceptors (Lipinski definition) is 4. The number of nitrogens with one attached hydrogen (secondary N) is 2. The zero-order valence-corrected chi connectivity index (χ0v) is 19.6. The predicted octanol–water partition coefficient (Wildman–Crippen LogP) is 3.38. The van der Waals surface area contributed by atoms with E-state index in [4.69, 9.17) is 0 Å². The summed E-state index contributed by atoms with van der Waals surface area (Å²) in [4.78, 5) is 27.9. The quantitative estimate of drug-likeness (QED) is 0.182. The molecule has 1 atom stereocenters. The number of hydrogen-bond donors (Lipinski definition) is 2. The Bertz CT molecular complexity index is 939. The number of benzene rings is 2. The number of rotatable bonds is 7. The summed E-state index contributed by atoms with van der Waals surface area (Å²) in [6.07, 6.45) is 0. The van der Waals surface area contributed by atoms with Gasteiger partial charge in [-0.05, 0) is 18.6 Å². The van der Waals surface area contributed by atoms with Gasteiger partial charge in [-0.25, -0.2) is 13.8 Å². The molecule has 2 rings (SSSR count). The van der Waals surface area contributed by atoms with Gasteiger partial charge in [0, 0.05) is 37.9 Å². The second kappa shape index (κ2) is 12.1. The van der Waals surface area contributed by atoms with Crippen molar-refractivity contribution >= 4 is 41.5 Å². The van der Waals surface area contributed by atoms with Crippen LogP contribution in [0.1, 0.15) is 24.1 Å². The summed E-state index contributed by atoms with van der Waals surface area (Å²) in [5.74, 6) is -1.33. The number of likely N-dealkylation sites (N-methyl/N-ethyl adjacent to an activating group) is 1. The fraction of sp³-hybridized carbons (Fsp3) is 0.300. The second-order valence-electron chi connectivity index (χ2n) is 6.76. The first-order valence-electron chi connectivity index (χ1n) is 9.10. The molecule has 2 aromatic rings. The molecule has 0 saturated heterocycles. The van der Waals surface area contributed by atoms with Crippen molar-refractivity contribution in [2.45, 2.75) is 19.5 Å². The summed E-state index contributed by atoms with van der Waals surface area (Å²) >= 11 is 0. The third-order valence-corrected chi connectivity index (χ3v) is 4.25. The molecule has 0 heterocycles. The van der Waals surface area contributed by atoms with Gasteiger partial charge in [-0.3, -0.25) is 14.9 Å². The van der Waals surface area contributed by atoms with Gasteiger partial charge in [-0.2, -0.15) is 0 Å². The maximum absolute atomic E-state index is 14.1. The van der Waals surface area contributed by atoms with Crippen LogP contribution in [0.15, 0.2) is 47.5 Å². The van der Waals surface area contributed by atoms with Gasteiger partial charge in [-0.1, -0.05) is 18.2 Å². The Labute approximate surface area is 195 Å². The second-order valence-corrected chi connectivity index (χ2v) is 6.76. The van der Waals surface area contributed by atoms with Crippen molar-refractivity contribution in [3.05, 3.63) is 75.3 Å². The van der Waals surface area contributed by atoms with E-state index in [1.54, 1.807) is 33.2 Å². The van der Waals surface area contributed by atoms with Gasteiger partial charge in [0.2, 0.25) is 5.91 Å². The molecule has 0 aliphatic heterocycles. The Hall–Kier alpha value is -2.83. The summed E-state index contributed by atoms with van der Waals surface area (Å²) in [7, 11) is 3.23. The predicted molar refractivity (Wildman–Crippen MR) is 124 cm³/mol. The van der Waals surface area contributed by atoms with E-state index >= 15 is 0 Å². The van der Waals surface area contributed by atoms with Crippen LogP contribution >= 0.6 is 24.0 Å². The van der Waals surface area contributed by atoms with Gasteiger partial charge in [0.1, 0.15) is 11.6 Å². The smallest absolute Gasteiger partial charge is 0.269 e. The van der Waals surface area contributed by atoms with Crippen LogP contribution in [0.3, 0.4) is 0 Å². The number of amides is 1. The van der Waals surface area contributed by atoms with Crippen LogP contribution in [0, 0.1) is 21.7 Å². The average Bonchev–Trinajstić information content (AvgIpc) is 2.69. The van der Waals surface area contributed by atoms with Gasteiger partial charge < -0.3 is 15.5 Å². The standard InChI is InChI=1S/C20H23F2N5O3.HI/c1-13(17-9-6-15(21)10-18(17)22)25-20(24-12-19(28)26(2)3)23-11-14-4-7-16(8-5-14)27(29)30;/h4-10,13H,11-12H2,1-3H3,(H2,23,24,25);1H. The van der Waals surface area contributed by atoms with Crippen LogP contribution in [0.4, 0.5) is 14.5 Å². The summed E-state index contributed by atoms with van der Waals surface area (Å²) in [5, 5.41) is 16.6. The SMILES string of the molecule is CC(NC(=NCc1ccc([N+](=O)[O-])cc1)NCC(=O)N(C)C)c1ccc(F)cc1F.I. The van der Waals surface area contributed by atoms with E-state index in [9.17, 15) is 23.7 Å². The maximum atomic E-state index is 14.1. The van der Waals surface area contributed by atoms with Crippen molar-refractivity contribution in [2.75, 3.05) is 20.6 Å². The van der Waals surface area contributed by atoms with Gasteiger partial charge in [0.15, 0.2) is 5.96 Å². The van der Waals surface area contributed by atoms with Crippen molar-refractivity contribution in [3.63, 3.8) is 0 Å². The lowest BCUT2D eigenvalue weighted by Gasteiger charge is -2.20. The Morgan fingerprint density at radius 1 is 1.19 bits per heavy atom. The minimum Gasteiger partial charge on any atom is -0.350 e. The molecule has 0 saturated carbocycles. The van der Waals surface area contributed by atoms with E-state index in [0.29, 0.717) is 5.56 Å². The lowest BCUT2D eigenvalue weighted by molar-refractivity contribution is -0.384. The molecule has 0 bridgehead atoms. The molecule has 2 aromatic carbocycles. The maximum Gasteiger partial charge on any atom is 0.269 e. The van der Waals surface area contributed by atoms with Crippen molar-refractivity contribution in [1.29, 1.82) is 0 Å². The molecule has 31 heavy (non-hydrogen) atoms. The zero-order valence-electron chi connectivity index (χ0n) is 17.3. The molecule has 0 aliphatic rings. The highest BCUT2D eigenvalue weighted by molar-refractivity contribution is 14.0. The van der Waals surface area contributed by atoms with Crippen molar-refractivity contribution < 1.29 is 18.5 Å². The van der Waals surface area contributed by atoms with Gasteiger partial charge >= 0.3 is 0 Å².